The predicted molar refractivity (Wildman–Crippen MR) is 116 cm³/mol. The van der Waals surface area contributed by atoms with E-state index in [9.17, 15) is 0 Å². The number of ether oxygens (including phenoxy) is 3. The minimum absolute atomic E-state index is 0.318. The third-order valence-electron chi connectivity index (χ3n) is 4.55. The van der Waals surface area contributed by atoms with Crippen LogP contribution in [0.3, 0.4) is 0 Å². The van der Waals surface area contributed by atoms with Crippen LogP contribution in [0.4, 0.5) is 0 Å². The Kier molecular flexibility index (Phi) is 10.0. The van der Waals surface area contributed by atoms with Gasteiger partial charge < -0.3 is 14.2 Å². The van der Waals surface area contributed by atoms with E-state index in [0.717, 1.165) is 36.5 Å². The molecule has 156 valence electrons. The van der Waals surface area contributed by atoms with E-state index in [2.05, 4.69) is 62.3 Å². The van der Waals surface area contributed by atoms with Crippen molar-refractivity contribution >= 4 is 0 Å². The Hall–Kier alpha value is -1.38. The van der Waals surface area contributed by atoms with E-state index >= 15 is 0 Å². The van der Waals surface area contributed by atoms with E-state index < -0.39 is 0 Å². The first-order valence-electron chi connectivity index (χ1n) is 10.9. The van der Waals surface area contributed by atoms with Crippen molar-refractivity contribution in [1.29, 1.82) is 0 Å². The molecule has 0 aliphatic heterocycles. The summed E-state index contributed by atoms with van der Waals surface area (Å²) in [5, 5.41) is 0. The van der Waals surface area contributed by atoms with Crippen molar-refractivity contribution in [3.63, 3.8) is 0 Å². The average Bonchev–Trinajstić information content (AvgIpc) is 2.60. The molecule has 0 atom stereocenters. The lowest BCUT2D eigenvalue weighted by atomic mass is 9.85. The Balaban J connectivity index is 3.90. The largest absolute Gasteiger partial charge is 0.493 e. The fourth-order valence-electron chi connectivity index (χ4n) is 3.40. The van der Waals surface area contributed by atoms with Crippen LogP contribution in [0.5, 0.6) is 17.2 Å². The van der Waals surface area contributed by atoms with Crippen molar-refractivity contribution in [3.8, 4) is 17.2 Å². The van der Waals surface area contributed by atoms with Crippen LogP contribution in [0.25, 0.3) is 0 Å². The molecule has 0 saturated carbocycles. The van der Waals surface area contributed by atoms with E-state index in [1.54, 1.807) is 0 Å². The summed E-state index contributed by atoms with van der Waals surface area (Å²) in [5.74, 6) is 3.92. The Morgan fingerprint density at radius 2 is 0.704 bits per heavy atom. The van der Waals surface area contributed by atoms with E-state index in [0.29, 0.717) is 37.6 Å². The summed E-state index contributed by atoms with van der Waals surface area (Å²) in [4.78, 5) is 0. The van der Waals surface area contributed by atoms with Crippen molar-refractivity contribution in [2.75, 3.05) is 19.8 Å². The highest BCUT2D eigenvalue weighted by atomic mass is 16.5. The van der Waals surface area contributed by atoms with Crippen LogP contribution in [0.15, 0.2) is 0 Å². The average molecular weight is 379 g/mol. The van der Waals surface area contributed by atoms with Crippen molar-refractivity contribution in [2.45, 2.75) is 99.3 Å². The third kappa shape index (κ3) is 5.80. The van der Waals surface area contributed by atoms with Crippen LogP contribution in [0.1, 0.15) is 116 Å². The van der Waals surface area contributed by atoms with Gasteiger partial charge in [0.05, 0.1) is 19.8 Å². The molecule has 0 spiro atoms. The van der Waals surface area contributed by atoms with E-state index in [1.807, 2.05) is 0 Å². The van der Waals surface area contributed by atoms with E-state index in [1.165, 1.54) is 16.7 Å². The zero-order chi connectivity index (χ0) is 20.6. The van der Waals surface area contributed by atoms with Gasteiger partial charge in [0.25, 0.3) is 0 Å². The molecule has 0 amide bonds. The van der Waals surface area contributed by atoms with E-state index in [-0.39, 0.29) is 0 Å². The summed E-state index contributed by atoms with van der Waals surface area (Å²) in [7, 11) is 0. The SMILES string of the molecule is CCCOc1c(C(C)C)c(OCCC)c(C(C)C)c(OCCC)c1C(C)C. The molecule has 0 N–H and O–H groups in total. The zero-order valence-electron chi connectivity index (χ0n) is 19.2. The lowest BCUT2D eigenvalue weighted by Gasteiger charge is -2.30. The van der Waals surface area contributed by atoms with E-state index in [4.69, 9.17) is 14.2 Å². The van der Waals surface area contributed by atoms with Crippen molar-refractivity contribution in [1.82, 2.24) is 0 Å². The molecule has 1 aromatic rings. The van der Waals surface area contributed by atoms with Gasteiger partial charge in [-0.2, -0.15) is 0 Å². The maximum absolute atomic E-state index is 6.36. The maximum Gasteiger partial charge on any atom is 0.133 e. The summed E-state index contributed by atoms with van der Waals surface area (Å²) >= 11 is 0. The molecule has 1 rings (SSSR count). The number of hydrogen-bond acceptors (Lipinski definition) is 3. The normalized spacial score (nSPS) is 11.6. The van der Waals surface area contributed by atoms with Crippen molar-refractivity contribution in [2.24, 2.45) is 0 Å². The van der Waals surface area contributed by atoms with Crippen LogP contribution >= 0.6 is 0 Å². The summed E-state index contributed by atoms with van der Waals surface area (Å²) in [6.45, 7) is 22.0. The summed E-state index contributed by atoms with van der Waals surface area (Å²) in [6.07, 6.45) is 2.95. The summed E-state index contributed by atoms with van der Waals surface area (Å²) in [5.41, 5.74) is 3.61. The van der Waals surface area contributed by atoms with Crippen LogP contribution in [0.2, 0.25) is 0 Å². The Morgan fingerprint density at radius 1 is 0.481 bits per heavy atom. The van der Waals surface area contributed by atoms with Gasteiger partial charge in [-0.1, -0.05) is 62.3 Å². The first-order valence-corrected chi connectivity index (χ1v) is 10.9. The number of benzene rings is 1. The molecule has 0 unspecified atom stereocenters. The highest BCUT2D eigenvalue weighted by Gasteiger charge is 2.31. The second-order valence-electron chi connectivity index (χ2n) is 8.24. The lowest BCUT2D eigenvalue weighted by molar-refractivity contribution is 0.269. The van der Waals surface area contributed by atoms with Gasteiger partial charge in [-0.15, -0.1) is 0 Å². The van der Waals surface area contributed by atoms with Gasteiger partial charge in [0.15, 0.2) is 0 Å². The molecule has 0 saturated heterocycles. The Labute approximate surface area is 167 Å². The van der Waals surface area contributed by atoms with Gasteiger partial charge in [-0.05, 0) is 37.0 Å². The van der Waals surface area contributed by atoms with Crippen LogP contribution < -0.4 is 14.2 Å². The molecule has 1 aromatic carbocycles. The standard InChI is InChI=1S/C24H42O3/c1-10-13-25-22-19(16(4)5)23(26-14-11-2)21(18(8)9)24(27-15-12-3)20(22)17(6)7/h16-18H,10-15H2,1-9H3. The quantitative estimate of drug-likeness (QED) is 0.378. The first-order chi connectivity index (χ1) is 12.8. The summed E-state index contributed by atoms with van der Waals surface area (Å²) < 4.78 is 19.1. The first kappa shape index (κ1) is 23.7. The van der Waals surface area contributed by atoms with Crippen LogP contribution in [-0.2, 0) is 0 Å². The van der Waals surface area contributed by atoms with Crippen molar-refractivity contribution < 1.29 is 14.2 Å². The highest BCUT2D eigenvalue weighted by molar-refractivity contribution is 5.65. The highest BCUT2D eigenvalue weighted by Crippen LogP contribution is 2.52. The van der Waals surface area contributed by atoms with Crippen LogP contribution in [0, 0.1) is 0 Å². The maximum atomic E-state index is 6.36. The monoisotopic (exact) mass is 378 g/mol. The second-order valence-corrected chi connectivity index (χ2v) is 8.24. The molecule has 0 aliphatic carbocycles. The topological polar surface area (TPSA) is 27.7 Å². The van der Waals surface area contributed by atoms with Gasteiger partial charge >= 0.3 is 0 Å². The molecule has 27 heavy (non-hydrogen) atoms. The minimum atomic E-state index is 0.318. The van der Waals surface area contributed by atoms with Crippen molar-refractivity contribution in [3.05, 3.63) is 16.7 Å². The van der Waals surface area contributed by atoms with Gasteiger partial charge in [0.2, 0.25) is 0 Å². The lowest BCUT2D eigenvalue weighted by Crippen LogP contribution is -2.14. The van der Waals surface area contributed by atoms with Crippen LogP contribution in [-0.4, -0.2) is 19.8 Å². The second kappa shape index (κ2) is 11.5. The summed E-state index contributed by atoms with van der Waals surface area (Å²) in [6, 6.07) is 0. The number of hydrogen-bond donors (Lipinski definition) is 0. The molecule has 0 aliphatic rings. The smallest absolute Gasteiger partial charge is 0.133 e. The molecule has 3 heteroatoms. The third-order valence-corrected chi connectivity index (χ3v) is 4.55. The molecule has 0 aromatic heterocycles. The van der Waals surface area contributed by atoms with Gasteiger partial charge in [0.1, 0.15) is 17.2 Å². The molecular weight excluding hydrogens is 336 g/mol. The zero-order valence-corrected chi connectivity index (χ0v) is 19.2. The van der Waals surface area contributed by atoms with Gasteiger partial charge in [-0.3, -0.25) is 0 Å². The fraction of sp³-hybridized carbons (Fsp3) is 0.750. The predicted octanol–water partition coefficient (Wildman–Crippen LogP) is 7.42. The molecule has 0 fully saturated rings. The minimum Gasteiger partial charge on any atom is -0.493 e. The molecule has 0 bridgehead atoms. The fourth-order valence-corrected chi connectivity index (χ4v) is 3.40. The Morgan fingerprint density at radius 3 is 0.852 bits per heavy atom. The number of rotatable bonds is 12. The van der Waals surface area contributed by atoms with Gasteiger partial charge in [-0.25, -0.2) is 0 Å². The molecule has 0 heterocycles. The van der Waals surface area contributed by atoms with Gasteiger partial charge in [0, 0.05) is 16.7 Å². The molecule has 0 radical (unpaired) electrons. The molecule has 3 nitrogen and oxygen atoms in total. The Bertz CT molecular complexity index is 471. The molecular formula is C24H42O3.